The summed E-state index contributed by atoms with van der Waals surface area (Å²) in [5.74, 6) is 1.12. The summed E-state index contributed by atoms with van der Waals surface area (Å²) in [6.07, 6.45) is -1.03. The number of nitrogens with one attached hydrogen (secondary N) is 1. The highest BCUT2D eigenvalue weighted by Gasteiger charge is 2.29. The third-order valence-corrected chi connectivity index (χ3v) is 5.11. The number of halogens is 3. The Hall–Kier alpha value is -3.41. The summed E-state index contributed by atoms with van der Waals surface area (Å²) in [5.41, 5.74) is 2.76. The molecule has 4 rings (SSSR count). The molecule has 1 aromatic heterocycles. The summed E-state index contributed by atoms with van der Waals surface area (Å²) in [7, 11) is 0. The standard InChI is InChI=1S/C25H22F3N3/c1-2-3-6-17-9-11-18(12-10-17)23-30-22-8-5-4-7-21(22)24(31-23)29-20-15-13-19(14-16-20)25(26,27)28/h4-5,7-16H,2-3,6H2,1H3,(H,29,30,31). The molecule has 0 spiro atoms. The van der Waals surface area contributed by atoms with Gasteiger partial charge in [0.05, 0.1) is 11.1 Å². The molecule has 0 radical (unpaired) electrons. The van der Waals surface area contributed by atoms with Crippen LogP contribution in [0, 0.1) is 0 Å². The predicted octanol–water partition coefficient (Wildman–Crippen LogP) is 7.40. The molecule has 0 aliphatic rings. The van der Waals surface area contributed by atoms with Crippen LogP contribution >= 0.6 is 0 Å². The maximum absolute atomic E-state index is 12.9. The predicted molar refractivity (Wildman–Crippen MR) is 118 cm³/mol. The van der Waals surface area contributed by atoms with E-state index in [1.807, 2.05) is 36.4 Å². The van der Waals surface area contributed by atoms with E-state index in [4.69, 9.17) is 0 Å². The molecule has 0 bridgehead atoms. The first-order valence-electron chi connectivity index (χ1n) is 10.2. The molecule has 1 N–H and O–H groups in total. The van der Waals surface area contributed by atoms with Crippen molar-refractivity contribution in [3.63, 3.8) is 0 Å². The van der Waals surface area contributed by atoms with Crippen LogP contribution in [-0.2, 0) is 12.6 Å². The van der Waals surface area contributed by atoms with E-state index in [0.29, 0.717) is 17.3 Å². The highest BCUT2D eigenvalue weighted by atomic mass is 19.4. The lowest BCUT2D eigenvalue weighted by atomic mass is 10.1. The highest BCUT2D eigenvalue weighted by Crippen LogP contribution is 2.31. The number of benzene rings is 3. The molecular weight excluding hydrogens is 399 g/mol. The van der Waals surface area contributed by atoms with Crippen LogP contribution in [0.25, 0.3) is 22.3 Å². The maximum Gasteiger partial charge on any atom is 0.416 e. The zero-order valence-electron chi connectivity index (χ0n) is 17.1. The van der Waals surface area contributed by atoms with Crippen LogP contribution in [0.15, 0.2) is 72.8 Å². The second-order valence-electron chi connectivity index (χ2n) is 7.41. The number of rotatable bonds is 6. The molecule has 0 aliphatic carbocycles. The zero-order chi connectivity index (χ0) is 21.8. The molecule has 0 saturated carbocycles. The first-order valence-corrected chi connectivity index (χ1v) is 10.2. The van der Waals surface area contributed by atoms with E-state index in [9.17, 15) is 13.2 Å². The highest BCUT2D eigenvalue weighted by molar-refractivity contribution is 5.92. The quantitative estimate of drug-likeness (QED) is 0.352. The molecule has 4 aromatic rings. The van der Waals surface area contributed by atoms with E-state index >= 15 is 0 Å². The minimum Gasteiger partial charge on any atom is -0.340 e. The van der Waals surface area contributed by atoms with Gasteiger partial charge in [0.25, 0.3) is 0 Å². The lowest BCUT2D eigenvalue weighted by Gasteiger charge is -2.12. The first-order chi connectivity index (χ1) is 14.9. The molecule has 1 heterocycles. The fourth-order valence-electron chi connectivity index (χ4n) is 3.38. The molecule has 0 amide bonds. The van der Waals surface area contributed by atoms with Gasteiger partial charge in [0.2, 0.25) is 0 Å². The molecule has 0 unspecified atom stereocenters. The van der Waals surface area contributed by atoms with Crippen molar-refractivity contribution in [3.05, 3.63) is 83.9 Å². The number of hydrogen-bond acceptors (Lipinski definition) is 3. The van der Waals surface area contributed by atoms with E-state index in [1.54, 1.807) is 0 Å². The van der Waals surface area contributed by atoms with Crippen molar-refractivity contribution in [3.8, 4) is 11.4 Å². The fraction of sp³-hybridized carbons (Fsp3) is 0.200. The fourth-order valence-corrected chi connectivity index (χ4v) is 3.38. The molecule has 0 fully saturated rings. The van der Waals surface area contributed by atoms with Crippen molar-refractivity contribution < 1.29 is 13.2 Å². The Labute approximate surface area is 179 Å². The Bertz CT molecular complexity index is 1170. The normalized spacial score (nSPS) is 11.6. The number of nitrogens with zero attached hydrogens (tertiary/aromatic N) is 2. The van der Waals surface area contributed by atoms with Gasteiger partial charge >= 0.3 is 6.18 Å². The van der Waals surface area contributed by atoms with Gasteiger partial charge < -0.3 is 5.32 Å². The summed E-state index contributed by atoms with van der Waals surface area (Å²) in [5, 5.41) is 3.95. The number of anilines is 2. The van der Waals surface area contributed by atoms with E-state index in [2.05, 4.69) is 34.3 Å². The Balaban J connectivity index is 1.68. The lowest BCUT2D eigenvalue weighted by Crippen LogP contribution is -2.05. The summed E-state index contributed by atoms with van der Waals surface area (Å²) in [6.45, 7) is 2.17. The Morgan fingerprint density at radius 1 is 0.839 bits per heavy atom. The Morgan fingerprint density at radius 2 is 1.55 bits per heavy atom. The van der Waals surface area contributed by atoms with Gasteiger partial charge in [-0.2, -0.15) is 13.2 Å². The van der Waals surface area contributed by atoms with E-state index in [-0.39, 0.29) is 0 Å². The SMILES string of the molecule is CCCCc1ccc(-c2nc(Nc3ccc(C(F)(F)F)cc3)c3ccccc3n2)cc1. The first kappa shape index (κ1) is 20.8. The van der Waals surface area contributed by atoms with Crippen LogP contribution in [0.3, 0.4) is 0 Å². The monoisotopic (exact) mass is 421 g/mol. The number of alkyl halides is 3. The van der Waals surface area contributed by atoms with Crippen molar-refractivity contribution in [1.82, 2.24) is 9.97 Å². The summed E-state index contributed by atoms with van der Waals surface area (Å²) in [4.78, 5) is 9.37. The third-order valence-electron chi connectivity index (χ3n) is 5.11. The average molecular weight is 421 g/mol. The van der Waals surface area contributed by atoms with Gasteiger partial charge in [-0.25, -0.2) is 9.97 Å². The zero-order valence-corrected chi connectivity index (χ0v) is 17.1. The smallest absolute Gasteiger partial charge is 0.340 e. The van der Waals surface area contributed by atoms with E-state index in [1.165, 1.54) is 17.7 Å². The van der Waals surface area contributed by atoms with Crippen molar-refractivity contribution in [2.45, 2.75) is 32.4 Å². The Kier molecular flexibility index (Phi) is 5.89. The van der Waals surface area contributed by atoms with Gasteiger partial charge in [-0.1, -0.05) is 49.7 Å². The van der Waals surface area contributed by atoms with Crippen LogP contribution in [0.4, 0.5) is 24.7 Å². The second kappa shape index (κ2) is 8.76. The number of aromatic nitrogens is 2. The van der Waals surface area contributed by atoms with Gasteiger partial charge in [0, 0.05) is 16.6 Å². The van der Waals surface area contributed by atoms with Crippen LogP contribution < -0.4 is 5.32 Å². The van der Waals surface area contributed by atoms with Crippen LogP contribution in [0.2, 0.25) is 0 Å². The summed E-state index contributed by atoms with van der Waals surface area (Å²) < 4.78 is 38.6. The lowest BCUT2D eigenvalue weighted by molar-refractivity contribution is -0.137. The van der Waals surface area contributed by atoms with Crippen molar-refractivity contribution in [2.24, 2.45) is 0 Å². The van der Waals surface area contributed by atoms with Gasteiger partial charge in [0.15, 0.2) is 5.82 Å². The second-order valence-corrected chi connectivity index (χ2v) is 7.41. The summed E-state index contributed by atoms with van der Waals surface area (Å²) in [6, 6.07) is 20.7. The topological polar surface area (TPSA) is 37.8 Å². The molecule has 0 aliphatic heterocycles. The van der Waals surface area contributed by atoms with Gasteiger partial charge in [0.1, 0.15) is 5.82 Å². The molecule has 0 atom stereocenters. The minimum atomic E-state index is -4.36. The van der Waals surface area contributed by atoms with Crippen LogP contribution in [0.5, 0.6) is 0 Å². The van der Waals surface area contributed by atoms with Gasteiger partial charge in [-0.3, -0.25) is 0 Å². The average Bonchev–Trinajstić information content (AvgIpc) is 2.78. The van der Waals surface area contributed by atoms with Gasteiger partial charge in [-0.15, -0.1) is 0 Å². The molecule has 6 heteroatoms. The molecule has 3 nitrogen and oxygen atoms in total. The van der Waals surface area contributed by atoms with Crippen LogP contribution in [-0.4, -0.2) is 9.97 Å². The number of unbranched alkanes of at least 4 members (excludes halogenated alkanes) is 1. The van der Waals surface area contributed by atoms with E-state index < -0.39 is 11.7 Å². The summed E-state index contributed by atoms with van der Waals surface area (Å²) >= 11 is 0. The number of fused-ring (bicyclic) bond motifs is 1. The largest absolute Gasteiger partial charge is 0.416 e. The Morgan fingerprint density at radius 3 is 2.23 bits per heavy atom. The molecular formula is C25H22F3N3. The molecule has 0 saturated heterocycles. The van der Waals surface area contributed by atoms with E-state index in [0.717, 1.165) is 47.9 Å². The van der Waals surface area contributed by atoms with Gasteiger partial charge in [-0.05, 0) is 54.8 Å². The van der Waals surface area contributed by atoms with Crippen molar-refractivity contribution >= 4 is 22.4 Å². The molecule has 3 aromatic carbocycles. The van der Waals surface area contributed by atoms with Crippen molar-refractivity contribution in [1.29, 1.82) is 0 Å². The molecule has 31 heavy (non-hydrogen) atoms. The minimum absolute atomic E-state index is 0.526. The van der Waals surface area contributed by atoms with Crippen LogP contribution in [0.1, 0.15) is 30.9 Å². The number of aryl methyl sites for hydroxylation is 1. The maximum atomic E-state index is 12.9. The molecule has 158 valence electrons. The number of para-hydroxylation sites is 1. The third kappa shape index (κ3) is 4.85. The van der Waals surface area contributed by atoms with Crippen molar-refractivity contribution in [2.75, 3.05) is 5.32 Å². The number of hydrogen-bond donors (Lipinski definition) is 1.